The molecule has 0 bridgehead atoms. The van der Waals surface area contributed by atoms with Crippen molar-refractivity contribution in [1.29, 1.82) is 0 Å². The highest BCUT2D eigenvalue weighted by Gasteiger charge is 2.10. The first kappa shape index (κ1) is 20.2. The minimum Gasteiger partial charge on any atom is -0.491 e. The van der Waals surface area contributed by atoms with Crippen molar-refractivity contribution >= 4 is 17.5 Å². The number of benzene rings is 2. The number of rotatable bonds is 8. The van der Waals surface area contributed by atoms with Gasteiger partial charge in [-0.05, 0) is 67.9 Å². The quantitative estimate of drug-likeness (QED) is 0.585. The highest BCUT2D eigenvalue weighted by molar-refractivity contribution is 6.05. The molecule has 1 unspecified atom stereocenters. The van der Waals surface area contributed by atoms with E-state index in [1.54, 1.807) is 66.9 Å². The van der Waals surface area contributed by atoms with Gasteiger partial charge in [0.2, 0.25) is 0 Å². The molecule has 0 radical (unpaired) electrons. The molecule has 29 heavy (non-hydrogen) atoms. The smallest absolute Gasteiger partial charge is 0.255 e. The number of nitrogens with one attached hydrogen (secondary N) is 2. The summed E-state index contributed by atoms with van der Waals surface area (Å²) in [6, 6.07) is 17.3. The van der Waals surface area contributed by atoms with E-state index in [4.69, 9.17) is 9.15 Å². The summed E-state index contributed by atoms with van der Waals surface area (Å²) in [6.45, 7) is 4.35. The molecular formula is C23H24N2O4. The number of carbonyl (C=O) groups excluding carboxylic acids is 2. The summed E-state index contributed by atoms with van der Waals surface area (Å²) in [7, 11) is 0. The predicted octanol–water partition coefficient (Wildman–Crippen LogP) is 4.64. The first-order chi connectivity index (χ1) is 14.0. The van der Waals surface area contributed by atoms with Crippen LogP contribution in [0.25, 0.3) is 0 Å². The van der Waals surface area contributed by atoms with Gasteiger partial charge in [-0.1, -0.05) is 13.0 Å². The molecule has 0 fully saturated rings. The van der Waals surface area contributed by atoms with Gasteiger partial charge in [0.15, 0.2) is 0 Å². The van der Waals surface area contributed by atoms with E-state index in [-0.39, 0.29) is 17.9 Å². The molecule has 2 N–H and O–H groups in total. The number of hydrogen-bond acceptors (Lipinski definition) is 4. The van der Waals surface area contributed by atoms with Gasteiger partial charge in [0.25, 0.3) is 11.8 Å². The number of furan rings is 1. The van der Waals surface area contributed by atoms with Crippen LogP contribution in [-0.4, -0.2) is 17.9 Å². The molecule has 0 spiro atoms. The van der Waals surface area contributed by atoms with Crippen LogP contribution >= 0.6 is 0 Å². The van der Waals surface area contributed by atoms with Crippen molar-refractivity contribution in [2.45, 2.75) is 32.9 Å². The number of hydrogen-bond donors (Lipinski definition) is 2. The first-order valence-corrected chi connectivity index (χ1v) is 9.54. The molecule has 1 aromatic heterocycles. The van der Waals surface area contributed by atoms with Gasteiger partial charge >= 0.3 is 0 Å². The largest absolute Gasteiger partial charge is 0.491 e. The molecule has 150 valence electrons. The predicted molar refractivity (Wildman–Crippen MR) is 111 cm³/mol. The van der Waals surface area contributed by atoms with Crippen LogP contribution in [0.15, 0.2) is 71.3 Å². The number of amides is 2. The second-order valence-corrected chi connectivity index (χ2v) is 6.66. The van der Waals surface area contributed by atoms with Crippen LogP contribution in [0.1, 0.15) is 46.7 Å². The monoisotopic (exact) mass is 392 g/mol. The molecule has 0 aliphatic carbocycles. The standard InChI is InChI=1S/C23H24N2O4/c1-3-16(2)29-20-11-9-17(10-12-20)23(27)25-19-7-4-6-18(14-19)22(26)24-15-21-8-5-13-28-21/h4-14,16H,3,15H2,1-2H3,(H,24,26)(H,25,27). The molecule has 6 nitrogen and oxygen atoms in total. The third-order valence-electron chi connectivity index (χ3n) is 4.41. The highest BCUT2D eigenvalue weighted by atomic mass is 16.5. The van der Waals surface area contributed by atoms with Gasteiger partial charge in [0.05, 0.1) is 18.9 Å². The van der Waals surface area contributed by atoms with Crippen LogP contribution in [0, 0.1) is 0 Å². The van der Waals surface area contributed by atoms with Crippen LogP contribution in [0.5, 0.6) is 5.75 Å². The number of carbonyl (C=O) groups is 2. The molecule has 1 heterocycles. The van der Waals surface area contributed by atoms with E-state index in [2.05, 4.69) is 17.6 Å². The first-order valence-electron chi connectivity index (χ1n) is 9.54. The van der Waals surface area contributed by atoms with Crippen LogP contribution in [0.4, 0.5) is 5.69 Å². The molecule has 3 aromatic rings. The highest BCUT2D eigenvalue weighted by Crippen LogP contribution is 2.17. The second kappa shape index (κ2) is 9.59. The minimum absolute atomic E-state index is 0.122. The molecule has 2 aromatic carbocycles. The summed E-state index contributed by atoms with van der Waals surface area (Å²) in [5.41, 5.74) is 1.50. The molecular weight excluding hydrogens is 368 g/mol. The van der Waals surface area contributed by atoms with Gasteiger partial charge in [-0.3, -0.25) is 9.59 Å². The summed E-state index contributed by atoms with van der Waals surface area (Å²) < 4.78 is 10.9. The Morgan fingerprint density at radius 2 is 1.79 bits per heavy atom. The summed E-state index contributed by atoms with van der Waals surface area (Å²) >= 11 is 0. The fourth-order valence-electron chi connectivity index (χ4n) is 2.62. The van der Waals surface area contributed by atoms with E-state index >= 15 is 0 Å². The van der Waals surface area contributed by atoms with Crippen LogP contribution in [0.3, 0.4) is 0 Å². The maximum absolute atomic E-state index is 12.5. The zero-order chi connectivity index (χ0) is 20.6. The van der Waals surface area contributed by atoms with Crippen molar-refractivity contribution in [2.24, 2.45) is 0 Å². The number of ether oxygens (including phenoxy) is 1. The van der Waals surface area contributed by atoms with Crippen LogP contribution in [0.2, 0.25) is 0 Å². The Labute approximate surface area is 169 Å². The van der Waals surface area contributed by atoms with Crippen molar-refractivity contribution in [2.75, 3.05) is 5.32 Å². The van der Waals surface area contributed by atoms with Gasteiger partial charge in [0, 0.05) is 16.8 Å². The average Bonchev–Trinajstić information content (AvgIpc) is 3.26. The lowest BCUT2D eigenvalue weighted by Gasteiger charge is -2.13. The maximum atomic E-state index is 12.5. The van der Waals surface area contributed by atoms with Crippen molar-refractivity contribution in [1.82, 2.24) is 5.32 Å². The fraction of sp³-hybridized carbons (Fsp3) is 0.217. The third-order valence-corrected chi connectivity index (χ3v) is 4.41. The second-order valence-electron chi connectivity index (χ2n) is 6.66. The van der Waals surface area contributed by atoms with Gasteiger partial charge in [-0.25, -0.2) is 0 Å². The summed E-state index contributed by atoms with van der Waals surface area (Å²) in [5.74, 6) is 0.895. The third kappa shape index (κ3) is 5.72. The Hall–Kier alpha value is -3.54. The van der Waals surface area contributed by atoms with Crippen molar-refractivity contribution in [3.05, 3.63) is 83.8 Å². The van der Waals surface area contributed by atoms with E-state index in [1.165, 1.54) is 0 Å². The van der Waals surface area contributed by atoms with Crippen molar-refractivity contribution in [3.63, 3.8) is 0 Å². The molecule has 1 atom stereocenters. The van der Waals surface area contributed by atoms with Crippen molar-refractivity contribution < 1.29 is 18.7 Å². The summed E-state index contributed by atoms with van der Waals surface area (Å²) in [5, 5.41) is 5.60. The van der Waals surface area contributed by atoms with Gasteiger partial charge in [-0.15, -0.1) is 0 Å². The van der Waals surface area contributed by atoms with Gasteiger partial charge in [0.1, 0.15) is 11.5 Å². The topological polar surface area (TPSA) is 80.6 Å². The SMILES string of the molecule is CCC(C)Oc1ccc(C(=O)Nc2cccc(C(=O)NCc3ccco3)c2)cc1. The minimum atomic E-state index is -0.256. The molecule has 3 rings (SSSR count). The molecule has 0 saturated carbocycles. The maximum Gasteiger partial charge on any atom is 0.255 e. The average molecular weight is 392 g/mol. The fourth-order valence-corrected chi connectivity index (χ4v) is 2.62. The van der Waals surface area contributed by atoms with E-state index in [0.717, 1.165) is 12.2 Å². The summed E-state index contributed by atoms with van der Waals surface area (Å²) in [6.07, 6.45) is 2.59. The Morgan fingerprint density at radius 3 is 2.48 bits per heavy atom. The lowest BCUT2D eigenvalue weighted by molar-refractivity contribution is 0.0946. The molecule has 0 aliphatic heterocycles. The Morgan fingerprint density at radius 1 is 1.00 bits per heavy atom. The molecule has 0 saturated heterocycles. The summed E-state index contributed by atoms with van der Waals surface area (Å²) in [4.78, 5) is 24.8. The Bertz CT molecular complexity index is 949. The molecule has 2 amide bonds. The molecule has 6 heteroatoms. The van der Waals surface area contributed by atoms with E-state index in [9.17, 15) is 9.59 Å². The molecule has 0 aliphatic rings. The van der Waals surface area contributed by atoms with Crippen molar-refractivity contribution in [3.8, 4) is 5.75 Å². The lowest BCUT2D eigenvalue weighted by atomic mass is 10.1. The van der Waals surface area contributed by atoms with E-state index < -0.39 is 0 Å². The zero-order valence-electron chi connectivity index (χ0n) is 16.5. The zero-order valence-corrected chi connectivity index (χ0v) is 16.5. The number of anilines is 1. The van der Waals surface area contributed by atoms with Crippen LogP contribution < -0.4 is 15.4 Å². The van der Waals surface area contributed by atoms with E-state index in [0.29, 0.717) is 29.1 Å². The van der Waals surface area contributed by atoms with Crippen LogP contribution in [-0.2, 0) is 6.54 Å². The lowest BCUT2D eigenvalue weighted by Crippen LogP contribution is -2.22. The van der Waals surface area contributed by atoms with E-state index in [1.807, 2.05) is 6.92 Å². The van der Waals surface area contributed by atoms with Gasteiger partial charge < -0.3 is 19.8 Å². The normalized spacial score (nSPS) is 11.5. The Kier molecular flexibility index (Phi) is 6.68. The Balaban J connectivity index is 1.60. The van der Waals surface area contributed by atoms with Gasteiger partial charge in [-0.2, -0.15) is 0 Å².